The van der Waals surface area contributed by atoms with Gasteiger partial charge in [-0.3, -0.25) is 0 Å². The van der Waals surface area contributed by atoms with Gasteiger partial charge in [0.15, 0.2) is 0 Å². The molecule has 4 nitrogen and oxygen atoms in total. The van der Waals surface area contributed by atoms with Gasteiger partial charge in [-0.2, -0.15) is 0 Å². The fourth-order valence-corrected chi connectivity index (χ4v) is 3.17. The fraction of sp³-hybridized carbons (Fsp3) is 0.529. The number of rotatable bonds is 4. The topological polar surface area (TPSA) is 27.7 Å². The SMILES string of the molecule is C=CCN1CC(CC)Oc2cccc(N3CCNCC3)c21. The van der Waals surface area contributed by atoms with Crippen LogP contribution in [-0.4, -0.2) is 45.4 Å². The maximum absolute atomic E-state index is 6.17. The lowest BCUT2D eigenvalue weighted by atomic mass is 10.1. The molecule has 1 aromatic carbocycles. The zero-order valence-electron chi connectivity index (χ0n) is 12.8. The molecule has 21 heavy (non-hydrogen) atoms. The van der Waals surface area contributed by atoms with E-state index in [-0.39, 0.29) is 6.10 Å². The van der Waals surface area contributed by atoms with Gasteiger partial charge in [-0.25, -0.2) is 0 Å². The van der Waals surface area contributed by atoms with Gasteiger partial charge in [-0.1, -0.05) is 19.1 Å². The number of benzene rings is 1. The van der Waals surface area contributed by atoms with Crippen molar-refractivity contribution in [3.8, 4) is 5.75 Å². The molecule has 1 aromatic rings. The number of hydrogen-bond donors (Lipinski definition) is 1. The molecule has 1 unspecified atom stereocenters. The molecule has 3 rings (SSSR count). The molecule has 1 saturated heterocycles. The Kier molecular flexibility index (Phi) is 4.34. The van der Waals surface area contributed by atoms with Crippen molar-refractivity contribution in [3.63, 3.8) is 0 Å². The van der Waals surface area contributed by atoms with E-state index in [0.717, 1.165) is 51.4 Å². The van der Waals surface area contributed by atoms with Crippen LogP contribution < -0.4 is 19.9 Å². The lowest BCUT2D eigenvalue weighted by Gasteiger charge is -2.40. The highest BCUT2D eigenvalue weighted by atomic mass is 16.5. The number of nitrogens with one attached hydrogen (secondary N) is 1. The smallest absolute Gasteiger partial charge is 0.145 e. The van der Waals surface area contributed by atoms with E-state index in [2.05, 4.69) is 46.8 Å². The summed E-state index contributed by atoms with van der Waals surface area (Å²) in [4.78, 5) is 4.87. The first-order valence-corrected chi connectivity index (χ1v) is 7.94. The zero-order chi connectivity index (χ0) is 14.7. The largest absolute Gasteiger partial charge is 0.486 e. The molecule has 0 spiro atoms. The summed E-state index contributed by atoms with van der Waals surface area (Å²) in [5.74, 6) is 1.02. The monoisotopic (exact) mass is 287 g/mol. The van der Waals surface area contributed by atoms with E-state index in [1.54, 1.807) is 0 Å². The molecule has 1 fully saturated rings. The average molecular weight is 287 g/mol. The predicted octanol–water partition coefficient (Wildman–Crippen LogP) is 2.26. The third-order valence-corrected chi connectivity index (χ3v) is 4.27. The molecule has 0 bridgehead atoms. The van der Waals surface area contributed by atoms with Crippen molar-refractivity contribution in [3.05, 3.63) is 30.9 Å². The van der Waals surface area contributed by atoms with Gasteiger partial charge in [0.05, 0.1) is 12.2 Å². The molecule has 0 saturated carbocycles. The van der Waals surface area contributed by atoms with Gasteiger partial charge in [0.1, 0.15) is 17.5 Å². The van der Waals surface area contributed by atoms with Crippen molar-refractivity contribution >= 4 is 11.4 Å². The van der Waals surface area contributed by atoms with Crippen LogP contribution >= 0.6 is 0 Å². The quantitative estimate of drug-likeness (QED) is 0.860. The number of ether oxygens (including phenoxy) is 1. The van der Waals surface area contributed by atoms with Gasteiger partial charge in [0, 0.05) is 32.7 Å². The standard InChI is InChI=1S/C17H25N3O/c1-3-10-20-13-14(4-2)21-16-7-5-6-15(17(16)20)19-11-8-18-9-12-19/h3,5-7,14,18H,1,4,8-13H2,2H3. The van der Waals surface area contributed by atoms with Crippen molar-refractivity contribution in [2.75, 3.05) is 49.1 Å². The Balaban J connectivity index is 1.97. The first-order valence-electron chi connectivity index (χ1n) is 7.94. The minimum Gasteiger partial charge on any atom is -0.486 e. The number of para-hydroxylation sites is 1. The number of hydrogen-bond acceptors (Lipinski definition) is 4. The van der Waals surface area contributed by atoms with Gasteiger partial charge in [-0.15, -0.1) is 6.58 Å². The average Bonchev–Trinajstić information content (AvgIpc) is 2.55. The van der Waals surface area contributed by atoms with E-state index >= 15 is 0 Å². The molecule has 1 N–H and O–H groups in total. The Morgan fingerprint density at radius 1 is 1.38 bits per heavy atom. The van der Waals surface area contributed by atoms with Crippen LogP contribution in [0.5, 0.6) is 5.75 Å². The normalized spacial score (nSPS) is 21.7. The van der Waals surface area contributed by atoms with Crippen molar-refractivity contribution < 1.29 is 4.74 Å². The van der Waals surface area contributed by atoms with Crippen LogP contribution in [0.25, 0.3) is 0 Å². The van der Waals surface area contributed by atoms with Gasteiger partial charge in [-0.05, 0) is 18.6 Å². The van der Waals surface area contributed by atoms with Crippen LogP contribution in [0.3, 0.4) is 0 Å². The highest BCUT2D eigenvalue weighted by molar-refractivity contribution is 5.79. The summed E-state index contributed by atoms with van der Waals surface area (Å²) in [5.41, 5.74) is 2.54. The number of nitrogens with zero attached hydrogens (tertiary/aromatic N) is 2. The third-order valence-electron chi connectivity index (χ3n) is 4.27. The van der Waals surface area contributed by atoms with Crippen LogP contribution in [0, 0.1) is 0 Å². The minimum absolute atomic E-state index is 0.274. The number of piperazine rings is 1. The summed E-state index contributed by atoms with van der Waals surface area (Å²) in [6.07, 6.45) is 3.29. The maximum Gasteiger partial charge on any atom is 0.145 e. The van der Waals surface area contributed by atoms with E-state index in [1.807, 2.05) is 6.08 Å². The molecule has 0 aliphatic carbocycles. The van der Waals surface area contributed by atoms with E-state index in [0.29, 0.717) is 0 Å². The fourth-order valence-electron chi connectivity index (χ4n) is 3.17. The van der Waals surface area contributed by atoms with E-state index < -0.39 is 0 Å². The van der Waals surface area contributed by atoms with Crippen molar-refractivity contribution in [2.24, 2.45) is 0 Å². The maximum atomic E-state index is 6.17. The molecule has 0 amide bonds. The highest BCUT2D eigenvalue weighted by Crippen LogP contribution is 2.42. The molecular weight excluding hydrogens is 262 g/mol. The summed E-state index contributed by atoms with van der Waals surface area (Å²) in [6, 6.07) is 6.43. The molecular formula is C17H25N3O. The summed E-state index contributed by atoms with van der Waals surface area (Å²) < 4.78 is 6.17. The third kappa shape index (κ3) is 2.86. The summed E-state index contributed by atoms with van der Waals surface area (Å²) in [7, 11) is 0. The summed E-state index contributed by atoms with van der Waals surface area (Å²) in [6.45, 7) is 12.1. The van der Waals surface area contributed by atoms with E-state index in [1.165, 1.54) is 11.4 Å². The van der Waals surface area contributed by atoms with E-state index in [4.69, 9.17) is 4.74 Å². The van der Waals surface area contributed by atoms with Crippen LogP contribution in [0.2, 0.25) is 0 Å². The van der Waals surface area contributed by atoms with Crippen LogP contribution in [0.4, 0.5) is 11.4 Å². The first-order chi connectivity index (χ1) is 10.3. The Labute approximate surface area is 127 Å². The lowest BCUT2D eigenvalue weighted by Crippen LogP contribution is -2.45. The molecule has 114 valence electrons. The molecule has 2 heterocycles. The highest BCUT2D eigenvalue weighted by Gasteiger charge is 2.28. The van der Waals surface area contributed by atoms with Gasteiger partial charge in [0.2, 0.25) is 0 Å². The molecule has 1 atom stereocenters. The molecule has 0 aromatic heterocycles. The first kappa shape index (κ1) is 14.3. The Morgan fingerprint density at radius 3 is 2.90 bits per heavy atom. The molecule has 4 heteroatoms. The van der Waals surface area contributed by atoms with Crippen molar-refractivity contribution in [1.29, 1.82) is 0 Å². The van der Waals surface area contributed by atoms with Crippen LogP contribution in [-0.2, 0) is 0 Å². The van der Waals surface area contributed by atoms with Crippen LogP contribution in [0.1, 0.15) is 13.3 Å². The van der Waals surface area contributed by atoms with Gasteiger partial charge >= 0.3 is 0 Å². The van der Waals surface area contributed by atoms with Gasteiger partial charge in [0.25, 0.3) is 0 Å². The second kappa shape index (κ2) is 6.39. The number of fused-ring (bicyclic) bond motifs is 1. The minimum atomic E-state index is 0.274. The Morgan fingerprint density at radius 2 is 2.19 bits per heavy atom. The lowest BCUT2D eigenvalue weighted by molar-refractivity contribution is 0.190. The number of anilines is 2. The molecule has 2 aliphatic heterocycles. The second-order valence-corrected chi connectivity index (χ2v) is 5.70. The van der Waals surface area contributed by atoms with Gasteiger partial charge < -0.3 is 19.9 Å². The predicted molar refractivity (Wildman–Crippen MR) is 88.6 cm³/mol. The molecule has 2 aliphatic rings. The zero-order valence-corrected chi connectivity index (χ0v) is 12.8. The van der Waals surface area contributed by atoms with Crippen molar-refractivity contribution in [2.45, 2.75) is 19.4 Å². The Hall–Kier alpha value is -1.68. The molecule has 0 radical (unpaired) electrons. The van der Waals surface area contributed by atoms with E-state index in [9.17, 15) is 0 Å². The second-order valence-electron chi connectivity index (χ2n) is 5.70. The van der Waals surface area contributed by atoms with Crippen molar-refractivity contribution in [1.82, 2.24) is 5.32 Å². The summed E-state index contributed by atoms with van der Waals surface area (Å²) >= 11 is 0. The summed E-state index contributed by atoms with van der Waals surface area (Å²) in [5, 5.41) is 3.41. The Bertz CT molecular complexity index is 497. The van der Waals surface area contributed by atoms with Crippen LogP contribution in [0.15, 0.2) is 30.9 Å².